The van der Waals surface area contributed by atoms with Crippen LogP contribution in [0.2, 0.25) is 0 Å². The fourth-order valence-corrected chi connectivity index (χ4v) is 2.13. The summed E-state index contributed by atoms with van der Waals surface area (Å²) in [6, 6.07) is 9.34. The van der Waals surface area contributed by atoms with Gasteiger partial charge in [0.1, 0.15) is 0 Å². The maximum Gasteiger partial charge on any atom is 0.308 e. The van der Waals surface area contributed by atoms with Gasteiger partial charge in [-0.05, 0) is 18.9 Å². The van der Waals surface area contributed by atoms with Gasteiger partial charge in [-0.1, -0.05) is 35.5 Å². The third kappa shape index (κ3) is 5.54. The van der Waals surface area contributed by atoms with Crippen molar-refractivity contribution in [3.05, 3.63) is 47.6 Å². The second kappa shape index (κ2) is 8.07. The van der Waals surface area contributed by atoms with Crippen LogP contribution in [0.1, 0.15) is 23.7 Å². The van der Waals surface area contributed by atoms with Gasteiger partial charge in [-0.25, -0.2) is 0 Å². The minimum Gasteiger partial charge on any atom is -0.481 e. The van der Waals surface area contributed by atoms with Crippen molar-refractivity contribution in [2.45, 2.75) is 26.2 Å². The molecule has 0 aliphatic heterocycles. The SMILES string of the molecule is Cc1noc(CCC(=O)NCC(Cc2ccccc2)C(=O)O)n1. The number of aliphatic carboxylic acids is 1. The number of amides is 1. The average Bonchev–Trinajstić information content (AvgIpc) is 2.95. The molecule has 2 aromatic rings. The van der Waals surface area contributed by atoms with E-state index in [1.54, 1.807) is 6.92 Å². The molecule has 0 saturated carbocycles. The number of nitrogens with zero attached hydrogens (tertiary/aromatic N) is 2. The summed E-state index contributed by atoms with van der Waals surface area (Å²) in [7, 11) is 0. The van der Waals surface area contributed by atoms with Crippen LogP contribution in [0.4, 0.5) is 0 Å². The molecule has 0 spiro atoms. The molecular formula is C16H19N3O4. The number of carboxylic acids is 1. The molecule has 0 radical (unpaired) electrons. The molecule has 1 atom stereocenters. The molecule has 0 aliphatic carbocycles. The predicted octanol–water partition coefficient (Wildman–Crippen LogP) is 1.37. The third-order valence-corrected chi connectivity index (χ3v) is 3.36. The number of hydrogen-bond acceptors (Lipinski definition) is 5. The number of aryl methyl sites for hydroxylation is 2. The Morgan fingerprint density at radius 3 is 2.65 bits per heavy atom. The Hall–Kier alpha value is -2.70. The van der Waals surface area contributed by atoms with Crippen molar-refractivity contribution in [1.82, 2.24) is 15.5 Å². The Balaban J connectivity index is 1.79. The van der Waals surface area contributed by atoms with E-state index in [1.807, 2.05) is 30.3 Å². The van der Waals surface area contributed by atoms with Gasteiger partial charge in [-0.2, -0.15) is 4.98 Å². The number of carbonyl (C=O) groups excluding carboxylic acids is 1. The number of hydrogen-bond donors (Lipinski definition) is 2. The zero-order chi connectivity index (χ0) is 16.7. The maximum atomic E-state index is 11.8. The highest BCUT2D eigenvalue weighted by molar-refractivity contribution is 5.77. The van der Waals surface area contributed by atoms with E-state index in [1.165, 1.54) is 0 Å². The number of carboxylic acid groups (broad SMARTS) is 1. The number of nitrogens with one attached hydrogen (secondary N) is 1. The summed E-state index contributed by atoms with van der Waals surface area (Å²) >= 11 is 0. The Morgan fingerprint density at radius 2 is 2.04 bits per heavy atom. The van der Waals surface area contributed by atoms with Gasteiger partial charge < -0.3 is 14.9 Å². The van der Waals surface area contributed by atoms with Crippen molar-refractivity contribution in [3.8, 4) is 0 Å². The van der Waals surface area contributed by atoms with Gasteiger partial charge in [0.25, 0.3) is 0 Å². The lowest BCUT2D eigenvalue weighted by Gasteiger charge is -2.13. The minimum atomic E-state index is -0.929. The van der Waals surface area contributed by atoms with Crippen LogP contribution in [-0.4, -0.2) is 33.7 Å². The van der Waals surface area contributed by atoms with E-state index in [0.717, 1.165) is 5.56 Å². The van der Waals surface area contributed by atoms with Crippen LogP contribution in [0.25, 0.3) is 0 Å². The second-order valence-electron chi connectivity index (χ2n) is 5.26. The fraction of sp³-hybridized carbons (Fsp3) is 0.375. The minimum absolute atomic E-state index is 0.0892. The summed E-state index contributed by atoms with van der Waals surface area (Å²) in [6.45, 7) is 1.79. The molecule has 0 bridgehead atoms. The molecule has 0 fully saturated rings. The van der Waals surface area contributed by atoms with Crippen molar-refractivity contribution in [2.75, 3.05) is 6.54 Å². The van der Waals surface area contributed by atoms with Gasteiger partial charge in [0.15, 0.2) is 5.82 Å². The predicted molar refractivity (Wildman–Crippen MR) is 81.6 cm³/mol. The molecule has 1 aromatic carbocycles. The lowest BCUT2D eigenvalue weighted by Crippen LogP contribution is -2.34. The Bertz CT molecular complexity index is 654. The zero-order valence-corrected chi connectivity index (χ0v) is 12.9. The van der Waals surface area contributed by atoms with E-state index in [9.17, 15) is 14.7 Å². The molecule has 2 N–H and O–H groups in total. The normalized spacial score (nSPS) is 11.9. The van der Waals surface area contributed by atoms with Crippen LogP contribution >= 0.6 is 0 Å². The van der Waals surface area contributed by atoms with E-state index in [0.29, 0.717) is 24.6 Å². The number of benzene rings is 1. The van der Waals surface area contributed by atoms with E-state index >= 15 is 0 Å². The topological polar surface area (TPSA) is 105 Å². The first kappa shape index (κ1) is 16.7. The lowest BCUT2D eigenvalue weighted by atomic mass is 9.99. The molecule has 1 heterocycles. The molecule has 1 aromatic heterocycles. The van der Waals surface area contributed by atoms with Gasteiger partial charge in [-0.15, -0.1) is 0 Å². The summed E-state index contributed by atoms with van der Waals surface area (Å²) in [4.78, 5) is 27.1. The maximum absolute atomic E-state index is 11.8. The first-order valence-electron chi connectivity index (χ1n) is 7.37. The standard InChI is InChI=1S/C16H19N3O4/c1-11-18-15(23-19-11)8-7-14(20)17-10-13(16(21)22)9-12-5-3-2-4-6-12/h2-6,13H,7-10H2,1H3,(H,17,20)(H,21,22). The molecule has 23 heavy (non-hydrogen) atoms. The molecule has 0 saturated heterocycles. The summed E-state index contributed by atoms with van der Waals surface area (Å²) in [6.07, 6.45) is 0.891. The molecule has 7 nitrogen and oxygen atoms in total. The van der Waals surface area contributed by atoms with Crippen molar-refractivity contribution < 1.29 is 19.2 Å². The summed E-state index contributed by atoms with van der Waals surface area (Å²) in [5.41, 5.74) is 0.926. The van der Waals surface area contributed by atoms with Gasteiger partial charge in [0.2, 0.25) is 11.8 Å². The van der Waals surface area contributed by atoms with Crippen molar-refractivity contribution in [2.24, 2.45) is 5.92 Å². The van der Waals surface area contributed by atoms with Gasteiger partial charge in [0, 0.05) is 19.4 Å². The van der Waals surface area contributed by atoms with Crippen LogP contribution in [-0.2, 0) is 22.4 Å². The molecule has 0 aliphatic rings. The van der Waals surface area contributed by atoms with Gasteiger partial charge >= 0.3 is 5.97 Å². The Kier molecular flexibility index (Phi) is 5.85. The Morgan fingerprint density at radius 1 is 1.30 bits per heavy atom. The molecule has 2 rings (SSSR count). The fourth-order valence-electron chi connectivity index (χ4n) is 2.13. The second-order valence-corrected chi connectivity index (χ2v) is 5.26. The van der Waals surface area contributed by atoms with E-state index in [-0.39, 0.29) is 18.9 Å². The highest BCUT2D eigenvalue weighted by atomic mass is 16.5. The zero-order valence-electron chi connectivity index (χ0n) is 12.9. The number of carbonyl (C=O) groups is 2. The monoisotopic (exact) mass is 317 g/mol. The average molecular weight is 317 g/mol. The van der Waals surface area contributed by atoms with E-state index < -0.39 is 11.9 Å². The summed E-state index contributed by atoms with van der Waals surface area (Å²) in [5, 5.41) is 15.6. The summed E-state index contributed by atoms with van der Waals surface area (Å²) in [5.74, 6) is -0.903. The van der Waals surface area contributed by atoms with Crippen LogP contribution in [0.5, 0.6) is 0 Å². The number of rotatable bonds is 8. The van der Waals surface area contributed by atoms with Crippen molar-refractivity contribution >= 4 is 11.9 Å². The highest BCUT2D eigenvalue weighted by Gasteiger charge is 2.19. The molecular weight excluding hydrogens is 298 g/mol. The van der Waals surface area contributed by atoms with Crippen LogP contribution in [0, 0.1) is 12.8 Å². The van der Waals surface area contributed by atoms with Gasteiger partial charge in [-0.3, -0.25) is 9.59 Å². The van der Waals surface area contributed by atoms with Crippen LogP contribution < -0.4 is 5.32 Å². The third-order valence-electron chi connectivity index (χ3n) is 3.36. The molecule has 122 valence electrons. The quantitative estimate of drug-likeness (QED) is 0.762. The van der Waals surface area contributed by atoms with Crippen LogP contribution in [0.3, 0.4) is 0 Å². The summed E-state index contributed by atoms with van der Waals surface area (Å²) < 4.78 is 4.92. The molecule has 7 heteroatoms. The smallest absolute Gasteiger partial charge is 0.308 e. The van der Waals surface area contributed by atoms with Crippen molar-refractivity contribution in [1.29, 1.82) is 0 Å². The lowest BCUT2D eigenvalue weighted by molar-refractivity contribution is -0.141. The largest absolute Gasteiger partial charge is 0.481 e. The Labute approximate surface area is 133 Å². The van der Waals surface area contributed by atoms with Crippen molar-refractivity contribution in [3.63, 3.8) is 0 Å². The van der Waals surface area contributed by atoms with E-state index in [4.69, 9.17) is 4.52 Å². The first-order valence-corrected chi connectivity index (χ1v) is 7.37. The first-order chi connectivity index (χ1) is 11.0. The number of aromatic nitrogens is 2. The van der Waals surface area contributed by atoms with Gasteiger partial charge in [0.05, 0.1) is 5.92 Å². The molecule has 1 unspecified atom stereocenters. The van der Waals surface area contributed by atoms with Crippen LogP contribution in [0.15, 0.2) is 34.9 Å². The van der Waals surface area contributed by atoms with E-state index in [2.05, 4.69) is 15.5 Å². The molecule has 1 amide bonds. The highest BCUT2D eigenvalue weighted by Crippen LogP contribution is 2.09.